The highest BCUT2D eigenvalue weighted by Crippen LogP contribution is 2.30. The maximum Gasteiger partial charge on any atom is 0.165 e. The van der Waals surface area contributed by atoms with E-state index in [1.165, 1.54) is 6.33 Å². The molecule has 4 aromatic rings. The summed E-state index contributed by atoms with van der Waals surface area (Å²) in [5, 5.41) is 15.2. The molecule has 0 atom stereocenters. The quantitative estimate of drug-likeness (QED) is 0.395. The van der Waals surface area contributed by atoms with E-state index in [4.69, 9.17) is 17.3 Å². The first kappa shape index (κ1) is 18.9. The maximum atomic E-state index is 6.06. The largest absolute Gasteiger partial charge is 0.339 e. The molecular weight excluding hydrogens is 385 g/mol. The van der Waals surface area contributed by atoms with Crippen LogP contribution in [0.25, 0.3) is 11.0 Å². The van der Waals surface area contributed by atoms with Gasteiger partial charge in [-0.15, -0.1) is 12.4 Å². The summed E-state index contributed by atoms with van der Waals surface area (Å²) in [6.07, 6.45) is 1.48. The molecule has 0 fully saturated rings. The van der Waals surface area contributed by atoms with Gasteiger partial charge in [0, 0.05) is 22.9 Å². The Kier molecular flexibility index (Phi) is 5.75. The summed E-state index contributed by atoms with van der Waals surface area (Å²) >= 11 is 6.06. The molecule has 4 rings (SSSR count). The summed E-state index contributed by atoms with van der Waals surface area (Å²) < 4.78 is 0. The lowest BCUT2D eigenvalue weighted by Crippen LogP contribution is -1.98. The lowest BCUT2D eigenvalue weighted by Gasteiger charge is -2.09. The van der Waals surface area contributed by atoms with Crippen molar-refractivity contribution in [3.8, 4) is 0 Å². The average molecular weight is 402 g/mol. The van der Waals surface area contributed by atoms with E-state index in [2.05, 4.69) is 30.8 Å². The maximum absolute atomic E-state index is 6.06. The molecule has 0 bridgehead atoms. The number of nitrogens with zero attached hydrogens (tertiary/aromatic N) is 3. The van der Waals surface area contributed by atoms with Crippen LogP contribution in [0.5, 0.6) is 0 Å². The van der Waals surface area contributed by atoms with Gasteiger partial charge in [-0.3, -0.25) is 5.10 Å². The fraction of sp³-hybridized carbons (Fsp3) is 0.0556. The van der Waals surface area contributed by atoms with Gasteiger partial charge in [0.05, 0.1) is 0 Å². The van der Waals surface area contributed by atoms with Crippen molar-refractivity contribution >= 4 is 58.1 Å². The van der Waals surface area contributed by atoms with Crippen molar-refractivity contribution in [2.24, 2.45) is 5.73 Å². The van der Waals surface area contributed by atoms with Crippen molar-refractivity contribution in [3.05, 3.63) is 65.4 Å². The number of anilines is 4. The number of aromatic nitrogens is 4. The van der Waals surface area contributed by atoms with Crippen molar-refractivity contribution in [1.82, 2.24) is 20.2 Å². The third-order valence-electron chi connectivity index (χ3n) is 3.90. The summed E-state index contributed by atoms with van der Waals surface area (Å²) in [6.45, 7) is 0.507. The molecule has 9 heteroatoms. The topological polar surface area (TPSA) is 105 Å². The molecule has 0 aliphatic rings. The SMILES string of the molecule is Cl.NCc1ccc(Nc2n[nH]c3ncnc(Nc4cccc(Cl)c4)c23)cc1. The minimum atomic E-state index is 0. The highest BCUT2D eigenvalue weighted by atomic mass is 35.5. The van der Waals surface area contributed by atoms with Crippen LogP contribution >= 0.6 is 24.0 Å². The number of hydrogen-bond acceptors (Lipinski definition) is 6. The summed E-state index contributed by atoms with van der Waals surface area (Å²) in [5.74, 6) is 1.26. The van der Waals surface area contributed by atoms with Crippen LogP contribution in [0.3, 0.4) is 0 Å². The molecule has 0 unspecified atom stereocenters. The van der Waals surface area contributed by atoms with Crippen molar-refractivity contribution in [1.29, 1.82) is 0 Å². The van der Waals surface area contributed by atoms with Gasteiger partial charge in [0.25, 0.3) is 0 Å². The first-order valence-corrected chi connectivity index (χ1v) is 8.38. The first-order chi connectivity index (χ1) is 12.7. The van der Waals surface area contributed by atoms with E-state index in [1.54, 1.807) is 0 Å². The molecule has 2 aromatic heterocycles. The van der Waals surface area contributed by atoms with Gasteiger partial charge in [0.2, 0.25) is 0 Å². The van der Waals surface area contributed by atoms with E-state index < -0.39 is 0 Å². The molecule has 7 nitrogen and oxygen atoms in total. The molecule has 2 aromatic carbocycles. The van der Waals surface area contributed by atoms with Crippen LogP contribution in [0.1, 0.15) is 5.56 Å². The van der Waals surface area contributed by atoms with Gasteiger partial charge in [-0.05, 0) is 35.9 Å². The number of nitrogens with one attached hydrogen (secondary N) is 3. The molecule has 27 heavy (non-hydrogen) atoms. The van der Waals surface area contributed by atoms with Gasteiger partial charge in [-0.2, -0.15) is 5.10 Å². The molecule has 0 amide bonds. The number of fused-ring (bicyclic) bond motifs is 1. The number of aromatic amines is 1. The lowest BCUT2D eigenvalue weighted by molar-refractivity contribution is 1.07. The fourth-order valence-corrected chi connectivity index (χ4v) is 2.80. The lowest BCUT2D eigenvalue weighted by atomic mass is 10.2. The van der Waals surface area contributed by atoms with Gasteiger partial charge in [-0.1, -0.05) is 29.8 Å². The summed E-state index contributed by atoms with van der Waals surface area (Å²) in [5.41, 5.74) is 9.06. The molecule has 0 saturated heterocycles. The zero-order valence-corrected chi connectivity index (χ0v) is 15.7. The van der Waals surface area contributed by atoms with Crippen molar-refractivity contribution in [3.63, 3.8) is 0 Å². The second kappa shape index (κ2) is 8.22. The molecule has 2 heterocycles. The highest BCUT2D eigenvalue weighted by molar-refractivity contribution is 6.30. The molecule has 0 aliphatic carbocycles. The summed E-state index contributed by atoms with van der Waals surface area (Å²) in [7, 11) is 0. The van der Waals surface area contributed by atoms with Crippen LogP contribution in [0.4, 0.5) is 23.0 Å². The number of nitrogens with two attached hydrogens (primary N) is 1. The standard InChI is InChI=1S/C18H16ClN7.ClH/c19-12-2-1-3-14(8-12)24-16-15-17(22-10-21-16)25-26-18(15)23-13-6-4-11(9-20)5-7-13;/h1-8,10H,9,20H2,(H3,21,22,23,24,25,26);1H. The van der Waals surface area contributed by atoms with E-state index in [-0.39, 0.29) is 12.4 Å². The first-order valence-electron chi connectivity index (χ1n) is 8.00. The monoisotopic (exact) mass is 401 g/mol. The Morgan fingerprint density at radius 1 is 0.963 bits per heavy atom. The highest BCUT2D eigenvalue weighted by Gasteiger charge is 2.13. The number of rotatable bonds is 5. The third kappa shape index (κ3) is 4.11. The van der Waals surface area contributed by atoms with Crippen LogP contribution in [0.2, 0.25) is 5.02 Å². The van der Waals surface area contributed by atoms with E-state index >= 15 is 0 Å². The van der Waals surface area contributed by atoms with Gasteiger partial charge in [-0.25, -0.2) is 9.97 Å². The third-order valence-corrected chi connectivity index (χ3v) is 4.13. The predicted molar refractivity (Wildman–Crippen MR) is 111 cm³/mol. The van der Waals surface area contributed by atoms with Crippen LogP contribution < -0.4 is 16.4 Å². The zero-order valence-electron chi connectivity index (χ0n) is 14.1. The second-order valence-electron chi connectivity index (χ2n) is 5.68. The van der Waals surface area contributed by atoms with Gasteiger partial charge >= 0.3 is 0 Å². The zero-order chi connectivity index (χ0) is 17.9. The predicted octanol–water partition coefficient (Wildman–Crippen LogP) is 4.37. The minimum Gasteiger partial charge on any atom is -0.339 e. The minimum absolute atomic E-state index is 0. The van der Waals surface area contributed by atoms with Crippen LogP contribution in [0.15, 0.2) is 54.9 Å². The van der Waals surface area contributed by atoms with Crippen molar-refractivity contribution < 1.29 is 0 Å². The van der Waals surface area contributed by atoms with E-state index in [0.717, 1.165) is 22.3 Å². The molecule has 0 spiro atoms. The Balaban J connectivity index is 0.00000210. The van der Waals surface area contributed by atoms with E-state index in [0.29, 0.717) is 28.9 Å². The van der Waals surface area contributed by atoms with Gasteiger partial charge in [0.15, 0.2) is 11.5 Å². The van der Waals surface area contributed by atoms with Crippen LogP contribution in [-0.4, -0.2) is 20.2 Å². The average Bonchev–Trinajstić information content (AvgIpc) is 3.06. The van der Waals surface area contributed by atoms with Crippen LogP contribution in [-0.2, 0) is 6.54 Å². The molecule has 0 saturated carbocycles. The number of H-pyrrole nitrogens is 1. The summed E-state index contributed by atoms with van der Waals surface area (Å²) in [6, 6.07) is 15.3. The molecule has 5 N–H and O–H groups in total. The van der Waals surface area contributed by atoms with Gasteiger partial charge < -0.3 is 16.4 Å². The van der Waals surface area contributed by atoms with Crippen molar-refractivity contribution in [2.45, 2.75) is 6.54 Å². The molecule has 0 radical (unpaired) electrons. The van der Waals surface area contributed by atoms with Gasteiger partial charge in [0.1, 0.15) is 17.5 Å². The number of hydrogen-bond donors (Lipinski definition) is 4. The van der Waals surface area contributed by atoms with Crippen molar-refractivity contribution in [2.75, 3.05) is 10.6 Å². The Morgan fingerprint density at radius 2 is 1.74 bits per heavy atom. The number of halogens is 2. The molecular formula is C18H17Cl2N7. The smallest absolute Gasteiger partial charge is 0.165 e. The fourth-order valence-electron chi connectivity index (χ4n) is 2.61. The second-order valence-corrected chi connectivity index (χ2v) is 6.12. The normalized spacial score (nSPS) is 10.4. The number of benzene rings is 2. The Morgan fingerprint density at radius 3 is 2.48 bits per heavy atom. The summed E-state index contributed by atoms with van der Waals surface area (Å²) in [4.78, 5) is 8.59. The van der Waals surface area contributed by atoms with E-state index in [1.807, 2.05) is 48.5 Å². The Labute approximate surface area is 166 Å². The Hall–Kier alpha value is -2.87. The molecule has 138 valence electrons. The Bertz CT molecular complexity index is 1050. The van der Waals surface area contributed by atoms with Crippen LogP contribution in [0, 0.1) is 0 Å². The molecule has 0 aliphatic heterocycles. The van der Waals surface area contributed by atoms with E-state index in [9.17, 15) is 0 Å².